The van der Waals surface area contributed by atoms with Crippen molar-refractivity contribution in [2.75, 3.05) is 0 Å². The normalized spacial score (nSPS) is 10.2. The highest BCUT2D eigenvalue weighted by Crippen LogP contribution is 2.21. The van der Waals surface area contributed by atoms with Gasteiger partial charge < -0.3 is 5.11 Å². The topological polar surface area (TPSA) is 76.0 Å². The van der Waals surface area contributed by atoms with Crippen molar-refractivity contribution in [2.45, 2.75) is 17.1 Å². The molecule has 0 unspecified atom stereocenters. The molecule has 1 N–H and O–H groups in total. The number of carbonyl (C=O) groups is 1. The van der Waals surface area contributed by atoms with Crippen molar-refractivity contribution >= 4 is 17.7 Å². The molecule has 2 aromatic rings. The summed E-state index contributed by atoms with van der Waals surface area (Å²) in [4.78, 5) is 22.9. The fourth-order valence-corrected chi connectivity index (χ4v) is 1.73. The van der Waals surface area contributed by atoms with Crippen LogP contribution in [0.5, 0.6) is 0 Å². The maximum absolute atomic E-state index is 10.6. The Kier molecular flexibility index (Phi) is 3.34. The van der Waals surface area contributed by atoms with Gasteiger partial charge in [-0.25, -0.2) is 19.7 Å². The standard InChI is InChI=1S/C11H9N3O2S/c1-7-4-13-11(14-5-7)17-9-3-2-8(6-12-9)10(15)16/h2-6H,1H3,(H,15,16). The van der Waals surface area contributed by atoms with Crippen LogP contribution >= 0.6 is 11.8 Å². The summed E-state index contributed by atoms with van der Waals surface area (Å²) in [6.07, 6.45) is 4.76. The summed E-state index contributed by atoms with van der Waals surface area (Å²) >= 11 is 1.29. The van der Waals surface area contributed by atoms with Gasteiger partial charge in [0, 0.05) is 18.6 Å². The lowest BCUT2D eigenvalue weighted by molar-refractivity contribution is 0.0696. The van der Waals surface area contributed by atoms with Crippen molar-refractivity contribution in [3.05, 3.63) is 41.9 Å². The van der Waals surface area contributed by atoms with Crippen LogP contribution in [-0.2, 0) is 0 Å². The first-order valence-corrected chi connectivity index (χ1v) is 5.62. The van der Waals surface area contributed by atoms with Crippen molar-refractivity contribution in [2.24, 2.45) is 0 Å². The average Bonchev–Trinajstić information content (AvgIpc) is 2.33. The zero-order valence-corrected chi connectivity index (χ0v) is 9.81. The van der Waals surface area contributed by atoms with E-state index in [-0.39, 0.29) is 5.56 Å². The van der Waals surface area contributed by atoms with Crippen molar-refractivity contribution in [1.29, 1.82) is 0 Å². The molecule has 17 heavy (non-hydrogen) atoms. The Labute approximate surface area is 102 Å². The molecule has 0 radical (unpaired) electrons. The van der Waals surface area contributed by atoms with Crippen LogP contribution in [0.15, 0.2) is 40.9 Å². The minimum Gasteiger partial charge on any atom is -0.478 e. The molecule has 0 saturated heterocycles. The summed E-state index contributed by atoms with van der Waals surface area (Å²) in [6.45, 7) is 1.91. The number of nitrogens with zero attached hydrogens (tertiary/aromatic N) is 3. The molecule has 0 bridgehead atoms. The second-order valence-corrected chi connectivity index (χ2v) is 4.32. The molecule has 5 nitrogen and oxygen atoms in total. The van der Waals surface area contributed by atoms with Crippen LogP contribution in [0.25, 0.3) is 0 Å². The van der Waals surface area contributed by atoms with Gasteiger partial charge in [-0.15, -0.1) is 0 Å². The highest BCUT2D eigenvalue weighted by atomic mass is 32.2. The Morgan fingerprint density at radius 2 is 1.88 bits per heavy atom. The van der Waals surface area contributed by atoms with E-state index >= 15 is 0 Å². The monoisotopic (exact) mass is 247 g/mol. The predicted molar refractivity (Wildman–Crippen MR) is 62.1 cm³/mol. The number of pyridine rings is 1. The molecule has 0 aliphatic heterocycles. The Morgan fingerprint density at radius 1 is 1.18 bits per heavy atom. The molecule has 0 aromatic carbocycles. The number of rotatable bonds is 3. The van der Waals surface area contributed by atoms with Crippen LogP contribution in [0.2, 0.25) is 0 Å². The van der Waals surface area contributed by atoms with Crippen LogP contribution in [0, 0.1) is 6.92 Å². The molecule has 0 atom stereocenters. The molecule has 2 rings (SSSR count). The lowest BCUT2D eigenvalue weighted by Crippen LogP contribution is -1.96. The first-order valence-electron chi connectivity index (χ1n) is 4.81. The quantitative estimate of drug-likeness (QED) is 0.836. The second kappa shape index (κ2) is 4.92. The van der Waals surface area contributed by atoms with E-state index in [1.165, 1.54) is 24.0 Å². The van der Waals surface area contributed by atoms with E-state index in [0.717, 1.165) is 5.56 Å². The van der Waals surface area contributed by atoms with Crippen molar-refractivity contribution in [3.8, 4) is 0 Å². The molecular formula is C11H9N3O2S. The molecule has 86 valence electrons. The van der Waals surface area contributed by atoms with E-state index in [2.05, 4.69) is 15.0 Å². The zero-order valence-electron chi connectivity index (χ0n) is 8.99. The SMILES string of the molecule is Cc1cnc(Sc2ccc(C(=O)O)cn2)nc1. The Morgan fingerprint density at radius 3 is 2.41 bits per heavy atom. The molecule has 2 heterocycles. The number of carboxylic acid groups (broad SMARTS) is 1. The molecule has 6 heteroatoms. The number of hydrogen-bond donors (Lipinski definition) is 1. The van der Waals surface area contributed by atoms with Gasteiger partial charge in [0.25, 0.3) is 0 Å². The Hall–Kier alpha value is -1.95. The van der Waals surface area contributed by atoms with Gasteiger partial charge >= 0.3 is 5.97 Å². The number of carboxylic acids is 1. The van der Waals surface area contributed by atoms with E-state index in [1.807, 2.05) is 6.92 Å². The number of aromatic nitrogens is 3. The smallest absolute Gasteiger partial charge is 0.337 e. The third kappa shape index (κ3) is 3.01. The number of aryl methyl sites for hydroxylation is 1. The average molecular weight is 247 g/mol. The Bertz CT molecular complexity index is 525. The van der Waals surface area contributed by atoms with Crippen LogP contribution < -0.4 is 0 Å². The van der Waals surface area contributed by atoms with E-state index in [4.69, 9.17) is 5.11 Å². The highest BCUT2D eigenvalue weighted by Gasteiger charge is 2.05. The summed E-state index contributed by atoms with van der Waals surface area (Å²) in [5.41, 5.74) is 1.16. The zero-order chi connectivity index (χ0) is 12.3. The highest BCUT2D eigenvalue weighted by molar-refractivity contribution is 7.99. The van der Waals surface area contributed by atoms with E-state index < -0.39 is 5.97 Å². The third-order valence-electron chi connectivity index (χ3n) is 1.94. The molecule has 0 amide bonds. The van der Waals surface area contributed by atoms with Gasteiger partial charge in [-0.3, -0.25) is 0 Å². The van der Waals surface area contributed by atoms with Crippen molar-refractivity contribution < 1.29 is 9.90 Å². The van der Waals surface area contributed by atoms with Gasteiger partial charge in [-0.05, 0) is 36.4 Å². The summed E-state index contributed by atoms with van der Waals surface area (Å²) in [7, 11) is 0. The van der Waals surface area contributed by atoms with E-state index in [0.29, 0.717) is 10.2 Å². The van der Waals surface area contributed by atoms with Gasteiger partial charge in [0.1, 0.15) is 5.03 Å². The minimum absolute atomic E-state index is 0.166. The summed E-state index contributed by atoms with van der Waals surface area (Å²) in [6, 6.07) is 3.14. The molecule has 0 spiro atoms. The first-order chi connectivity index (χ1) is 8.15. The molecular weight excluding hydrogens is 238 g/mol. The minimum atomic E-state index is -0.986. The maximum Gasteiger partial charge on any atom is 0.337 e. The molecule has 0 aliphatic rings. The summed E-state index contributed by atoms with van der Waals surface area (Å²) in [5.74, 6) is -0.986. The van der Waals surface area contributed by atoms with Gasteiger partial charge in [0.15, 0.2) is 5.16 Å². The Balaban J connectivity index is 2.13. The molecule has 2 aromatic heterocycles. The molecule has 0 saturated carbocycles. The lowest BCUT2D eigenvalue weighted by Gasteiger charge is -2.00. The maximum atomic E-state index is 10.6. The van der Waals surface area contributed by atoms with Crippen molar-refractivity contribution in [3.63, 3.8) is 0 Å². The number of hydrogen-bond acceptors (Lipinski definition) is 5. The first kappa shape index (κ1) is 11.5. The second-order valence-electron chi connectivity index (χ2n) is 3.34. The van der Waals surface area contributed by atoms with Crippen molar-refractivity contribution in [1.82, 2.24) is 15.0 Å². The van der Waals surface area contributed by atoms with E-state index in [9.17, 15) is 4.79 Å². The fourth-order valence-electron chi connectivity index (χ4n) is 1.09. The summed E-state index contributed by atoms with van der Waals surface area (Å²) in [5, 5.41) is 9.98. The van der Waals surface area contributed by atoms with Gasteiger partial charge in [0.05, 0.1) is 5.56 Å². The van der Waals surface area contributed by atoms with Crippen LogP contribution in [0.1, 0.15) is 15.9 Å². The van der Waals surface area contributed by atoms with Crippen LogP contribution in [0.3, 0.4) is 0 Å². The van der Waals surface area contributed by atoms with Crippen LogP contribution in [0.4, 0.5) is 0 Å². The number of aromatic carboxylic acids is 1. The predicted octanol–water partition coefficient (Wildman–Crippen LogP) is 2.03. The lowest BCUT2D eigenvalue weighted by atomic mass is 10.3. The third-order valence-corrected chi connectivity index (χ3v) is 2.78. The molecule has 0 aliphatic carbocycles. The largest absolute Gasteiger partial charge is 0.478 e. The van der Waals surface area contributed by atoms with E-state index in [1.54, 1.807) is 18.5 Å². The fraction of sp³-hybridized carbons (Fsp3) is 0.0909. The van der Waals surface area contributed by atoms with Gasteiger partial charge in [-0.2, -0.15) is 0 Å². The van der Waals surface area contributed by atoms with Gasteiger partial charge in [-0.1, -0.05) is 0 Å². The van der Waals surface area contributed by atoms with Gasteiger partial charge in [0.2, 0.25) is 0 Å². The molecule has 0 fully saturated rings. The summed E-state index contributed by atoms with van der Waals surface area (Å²) < 4.78 is 0. The van der Waals surface area contributed by atoms with Crippen LogP contribution in [-0.4, -0.2) is 26.0 Å².